The van der Waals surface area contributed by atoms with E-state index in [2.05, 4.69) is 59.4 Å². The van der Waals surface area contributed by atoms with Crippen molar-refractivity contribution in [3.05, 3.63) is 0 Å². The summed E-state index contributed by atoms with van der Waals surface area (Å²) in [4.78, 5) is 14.3. The summed E-state index contributed by atoms with van der Waals surface area (Å²) in [6.45, 7) is 20.4. The highest BCUT2D eigenvalue weighted by Crippen LogP contribution is 2.40. The van der Waals surface area contributed by atoms with Crippen molar-refractivity contribution in [2.24, 2.45) is 0 Å². The number of hydrogen-bond donors (Lipinski definition) is 0. The van der Waals surface area contributed by atoms with Crippen LogP contribution in [-0.4, -0.2) is 52.2 Å². The molecule has 1 fully saturated rings. The molecule has 4 nitrogen and oxygen atoms in total. The first-order valence-corrected chi connectivity index (χ1v) is 15.9. The van der Waals surface area contributed by atoms with Crippen molar-refractivity contribution < 1.29 is 14.0 Å². The molecule has 1 aliphatic heterocycles. The van der Waals surface area contributed by atoms with E-state index in [1.54, 1.807) is 4.90 Å². The van der Waals surface area contributed by atoms with E-state index < -0.39 is 16.4 Å². The molecule has 0 saturated carbocycles. The van der Waals surface area contributed by atoms with E-state index >= 15 is 0 Å². The van der Waals surface area contributed by atoms with Crippen LogP contribution in [0.3, 0.4) is 0 Å². The molecule has 0 aromatic rings. The lowest BCUT2D eigenvalue weighted by Gasteiger charge is -2.39. The number of hydrogen-bond acceptors (Lipinski definition) is 3. The Morgan fingerprint density at radius 3 is 2.24 bits per heavy atom. The van der Waals surface area contributed by atoms with Gasteiger partial charge in [-0.15, -0.1) is 6.42 Å². The first-order chi connectivity index (χ1) is 11.2. The summed E-state index contributed by atoms with van der Waals surface area (Å²) < 4.78 is 12.1. The fourth-order valence-corrected chi connectivity index (χ4v) is 4.77. The van der Waals surface area contributed by atoms with Gasteiger partial charge < -0.3 is 9.16 Å². The van der Waals surface area contributed by atoms with Crippen molar-refractivity contribution in [3.8, 4) is 12.3 Å². The minimum Gasteiger partial charge on any atom is -0.450 e. The zero-order valence-electron chi connectivity index (χ0n) is 17.6. The van der Waals surface area contributed by atoms with Crippen LogP contribution < -0.4 is 0 Å². The fraction of sp³-hybridized carbons (Fsp3) is 0.842. The van der Waals surface area contributed by atoms with Crippen LogP contribution in [0.15, 0.2) is 0 Å². The molecule has 144 valence electrons. The van der Waals surface area contributed by atoms with Crippen LogP contribution in [-0.2, 0) is 9.16 Å². The lowest BCUT2D eigenvalue weighted by molar-refractivity contribution is 0.0823. The van der Waals surface area contributed by atoms with Gasteiger partial charge in [0, 0.05) is 14.5 Å². The molecule has 0 radical (unpaired) electrons. The lowest BCUT2D eigenvalue weighted by atomic mass is 10.2. The molecule has 1 aliphatic rings. The van der Waals surface area contributed by atoms with Gasteiger partial charge in [-0.1, -0.05) is 46.3 Å². The molecule has 1 amide bonds. The highest BCUT2D eigenvalue weighted by Gasteiger charge is 2.47. The van der Waals surface area contributed by atoms with E-state index in [1.165, 1.54) is 0 Å². The third-order valence-corrected chi connectivity index (χ3v) is 11.7. The summed E-state index contributed by atoms with van der Waals surface area (Å²) in [5.74, 6) is 2.76. The fourth-order valence-electron chi connectivity index (χ4n) is 2.66. The third kappa shape index (κ3) is 5.87. The zero-order valence-corrected chi connectivity index (χ0v) is 19.6. The minimum atomic E-state index is -1.91. The normalized spacial score (nSPS) is 25.0. The summed E-state index contributed by atoms with van der Waals surface area (Å²) in [6.07, 6.45) is 6.07. The molecule has 1 rings (SSSR count). The Balaban J connectivity index is 2.79. The summed E-state index contributed by atoms with van der Waals surface area (Å²) in [6, 6.07) is 0.657. The van der Waals surface area contributed by atoms with E-state index in [0.29, 0.717) is 13.0 Å². The van der Waals surface area contributed by atoms with Crippen molar-refractivity contribution in [2.75, 3.05) is 6.61 Å². The quantitative estimate of drug-likeness (QED) is 0.498. The van der Waals surface area contributed by atoms with Crippen LogP contribution in [0.1, 0.15) is 34.1 Å². The molecule has 0 aromatic heterocycles. The number of carbonyl (C=O) groups excluding carboxylic acids is 1. The Hall–Kier alpha value is -0.776. The predicted octanol–water partition coefficient (Wildman–Crippen LogP) is 4.95. The Bertz CT molecular complexity index is 514. The first-order valence-electron chi connectivity index (χ1n) is 9.28. The Kier molecular flexibility index (Phi) is 6.99. The topological polar surface area (TPSA) is 38.8 Å². The molecule has 0 N–H and O–H groups in total. The molecule has 25 heavy (non-hydrogen) atoms. The number of terminal acetylenes is 1. The molecule has 1 unspecified atom stereocenters. The summed E-state index contributed by atoms with van der Waals surface area (Å²) in [5, 5.41) is 0.129. The van der Waals surface area contributed by atoms with Gasteiger partial charge in [0.2, 0.25) is 0 Å². The molecular weight excluding hydrogens is 346 g/mol. The van der Waals surface area contributed by atoms with Crippen molar-refractivity contribution in [1.82, 2.24) is 4.90 Å². The second-order valence-electron chi connectivity index (χ2n) is 9.91. The number of nitrogens with zero attached hydrogens (tertiary/aromatic N) is 1. The van der Waals surface area contributed by atoms with E-state index in [-0.39, 0.29) is 29.3 Å². The van der Waals surface area contributed by atoms with Gasteiger partial charge in [-0.2, -0.15) is 0 Å². The second kappa shape index (κ2) is 7.85. The number of amides is 1. The molecule has 1 heterocycles. The molecule has 3 atom stereocenters. The smallest absolute Gasteiger partial charge is 0.411 e. The van der Waals surface area contributed by atoms with Crippen molar-refractivity contribution in [3.63, 3.8) is 0 Å². The standard InChI is InChI=1S/C19H37NO3Si2/c1-11-16-14-17(23-25(9,10)19(3,4)5)15(2)20(16)18(21)22-12-13-24(6,7)8/h1,15-17H,12-14H2,2-10H3/t15?,16-,17-/m0/s1. The lowest BCUT2D eigenvalue weighted by Crippen LogP contribution is -2.48. The molecule has 6 heteroatoms. The van der Waals surface area contributed by atoms with Crippen molar-refractivity contribution >= 4 is 22.5 Å². The van der Waals surface area contributed by atoms with Crippen LogP contribution >= 0.6 is 0 Å². The summed E-state index contributed by atoms with van der Waals surface area (Å²) in [5.41, 5.74) is 0. The van der Waals surface area contributed by atoms with E-state index in [0.717, 1.165) is 6.04 Å². The largest absolute Gasteiger partial charge is 0.450 e. The average Bonchev–Trinajstić information content (AvgIpc) is 2.72. The van der Waals surface area contributed by atoms with Gasteiger partial charge in [0.25, 0.3) is 0 Å². The van der Waals surface area contributed by atoms with Gasteiger partial charge >= 0.3 is 6.09 Å². The monoisotopic (exact) mass is 383 g/mol. The van der Waals surface area contributed by atoms with Crippen LogP contribution in [0.25, 0.3) is 0 Å². The van der Waals surface area contributed by atoms with E-state index in [9.17, 15) is 4.79 Å². The summed E-state index contributed by atoms with van der Waals surface area (Å²) in [7, 11) is -3.14. The maximum atomic E-state index is 12.6. The Morgan fingerprint density at radius 2 is 1.80 bits per heavy atom. The van der Waals surface area contributed by atoms with Crippen LogP contribution in [0.5, 0.6) is 0 Å². The van der Waals surface area contributed by atoms with Crippen molar-refractivity contribution in [2.45, 2.75) is 96.1 Å². The Morgan fingerprint density at radius 1 is 1.24 bits per heavy atom. The molecular formula is C19H37NO3Si2. The SMILES string of the molecule is C#C[C@H]1C[C@H](O[Si](C)(C)C(C)(C)C)C(C)N1C(=O)OCC[Si](C)(C)C. The highest BCUT2D eigenvalue weighted by atomic mass is 28.4. The van der Waals surface area contributed by atoms with Crippen LogP contribution in [0, 0.1) is 12.3 Å². The first kappa shape index (κ1) is 22.3. The predicted molar refractivity (Wildman–Crippen MR) is 110 cm³/mol. The van der Waals surface area contributed by atoms with E-state index in [4.69, 9.17) is 15.6 Å². The van der Waals surface area contributed by atoms with Gasteiger partial charge in [-0.25, -0.2) is 4.79 Å². The maximum Gasteiger partial charge on any atom is 0.411 e. The minimum absolute atomic E-state index is 0.0218. The third-order valence-electron chi connectivity index (χ3n) is 5.50. The van der Waals surface area contributed by atoms with E-state index in [1.807, 2.05) is 6.92 Å². The average molecular weight is 384 g/mol. The Labute approximate surface area is 156 Å². The number of likely N-dealkylation sites (tertiary alicyclic amines) is 1. The number of carbonyl (C=O) groups is 1. The highest BCUT2D eigenvalue weighted by molar-refractivity contribution is 6.76. The van der Waals surface area contributed by atoms with Gasteiger partial charge in [0.05, 0.1) is 24.8 Å². The molecule has 1 saturated heterocycles. The molecule has 0 bridgehead atoms. The molecule has 0 aliphatic carbocycles. The summed E-state index contributed by atoms with van der Waals surface area (Å²) >= 11 is 0. The number of ether oxygens (including phenoxy) is 1. The van der Waals surface area contributed by atoms with Gasteiger partial charge in [-0.3, -0.25) is 4.90 Å². The number of rotatable bonds is 5. The van der Waals surface area contributed by atoms with Gasteiger partial charge in [-0.05, 0) is 31.1 Å². The zero-order chi connectivity index (χ0) is 19.6. The van der Waals surface area contributed by atoms with Gasteiger partial charge in [0.15, 0.2) is 8.32 Å². The second-order valence-corrected chi connectivity index (χ2v) is 20.3. The van der Waals surface area contributed by atoms with Crippen molar-refractivity contribution in [1.29, 1.82) is 0 Å². The molecule has 0 aromatic carbocycles. The van der Waals surface area contributed by atoms with Crippen LogP contribution in [0.4, 0.5) is 4.79 Å². The molecule has 0 spiro atoms. The van der Waals surface area contributed by atoms with Gasteiger partial charge in [0.1, 0.15) is 0 Å². The van der Waals surface area contributed by atoms with Crippen LogP contribution in [0.2, 0.25) is 43.8 Å². The maximum absolute atomic E-state index is 12.6.